The first kappa shape index (κ1) is 36.5. The lowest BCUT2D eigenvalue weighted by molar-refractivity contribution is 0.650. The van der Waals surface area contributed by atoms with Gasteiger partial charge in [-0.3, -0.25) is 9.97 Å². The summed E-state index contributed by atoms with van der Waals surface area (Å²) in [4.78, 5) is 12.2. The lowest BCUT2D eigenvalue weighted by Crippen LogP contribution is -2.12. The zero-order chi connectivity index (χ0) is 39.4. The molecule has 0 unspecified atom stereocenters. The van der Waals surface area contributed by atoms with E-state index in [9.17, 15) is 0 Å². The standard InChI is InChI=1S/C55H45N3/c1-38(2)31-44-28-29-55(51-22-11-10-21-50(44)51)58(48-20-14-19-45(33-48)53-23-12-13-30-56-53)49-34-46(41-17-8-5-9-18-41)32-47(35-49)54-36-52(39(3)37-57-54)43-26-24-42(25-27-43)40-15-6-4-7-16-40/h4-30,32-38H,31H2,1-3H3. The van der Waals surface area contributed by atoms with E-state index in [1.165, 1.54) is 38.6 Å². The van der Waals surface area contributed by atoms with Crippen molar-refractivity contribution in [3.05, 3.63) is 212 Å². The van der Waals surface area contributed by atoms with Gasteiger partial charge in [-0.2, -0.15) is 0 Å². The van der Waals surface area contributed by atoms with E-state index in [4.69, 9.17) is 9.97 Å². The second kappa shape index (κ2) is 16.2. The van der Waals surface area contributed by atoms with Gasteiger partial charge in [0.2, 0.25) is 0 Å². The van der Waals surface area contributed by atoms with Crippen molar-refractivity contribution >= 4 is 27.8 Å². The van der Waals surface area contributed by atoms with Crippen molar-refractivity contribution in [2.24, 2.45) is 5.92 Å². The molecule has 280 valence electrons. The molecule has 0 fully saturated rings. The number of anilines is 3. The smallest absolute Gasteiger partial charge is 0.0709 e. The normalized spacial score (nSPS) is 11.2. The lowest BCUT2D eigenvalue weighted by atomic mass is 9.94. The van der Waals surface area contributed by atoms with Crippen LogP contribution in [0.3, 0.4) is 0 Å². The number of pyridine rings is 2. The number of nitrogens with zero attached hydrogens (tertiary/aromatic N) is 3. The molecule has 0 saturated carbocycles. The Kier molecular flexibility index (Phi) is 10.2. The summed E-state index contributed by atoms with van der Waals surface area (Å²) < 4.78 is 0. The molecule has 9 aromatic rings. The van der Waals surface area contributed by atoms with Gasteiger partial charge < -0.3 is 4.90 Å². The van der Waals surface area contributed by atoms with E-state index in [2.05, 4.69) is 202 Å². The second-order valence-electron chi connectivity index (χ2n) is 15.5. The van der Waals surface area contributed by atoms with E-state index in [0.717, 1.165) is 62.7 Å². The van der Waals surface area contributed by atoms with Gasteiger partial charge in [-0.1, -0.05) is 147 Å². The van der Waals surface area contributed by atoms with Gasteiger partial charge in [0, 0.05) is 40.3 Å². The zero-order valence-electron chi connectivity index (χ0n) is 33.2. The highest BCUT2D eigenvalue weighted by atomic mass is 15.1. The Balaban J connectivity index is 1.24. The summed E-state index contributed by atoms with van der Waals surface area (Å²) in [6, 6.07) is 67.6. The Hall–Kier alpha value is -7.10. The van der Waals surface area contributed by atoms with Crippen LogP contribution in [0, 0.1) is 12.8 Å². The van der Waals surface area contributed by atoms with Crippen molar-refractivity contribution in [3.63, 3.8) is 0 Å². The highest BCUT2D eigenvalue weighted by Gasteiger charge is 2.20. The third-order valence-corrected chi connectivity index (χ3v) is 10.9. The summed E-state index contributed by atoms with van der Waals surface area (Å²) in [7, 11) is 0. The Morgan fingerprint density at radius 2 is 1.07 bits per heavy atom. The maximum atomic E-state index is 5.10. The van der Waals surface area contributed by atoms with E-state index < -0.39 is 0 Å². The maximum absolute atomic E-state index is 5.10. The number of fused-ring (bicyclic) bond motifs is 1. The Morgan fingerprint density at radius 3 is 1.79 bits per heavy atom. The molecule has 0 atom stereocenters. The van der Waals surface area contributed by atoms with Gasteiger partial charge in [0.05, 0.1) is 17.1 Å². The number of aryl methyl sites for hydroxylation is 1. The molecule has 9 rings (SSSR count). The van der Waals surface area contributed by atoms with Crippen molar-refractivity contribution in [1.29, 1.82) is 0 Å². The van der Waals surface area contributed by atoms with Crippen molar-refractivity contribution in [2.75, 3.05) is 4.90 Å². The van der Waals surface area contributed by atoms with E-state index >= 15 is 0 Å². The van der Waals surface area contributed by atoms with Gasteiger partial charge >= 0.3 is 0 Å². The van der Waals surface area contributed by atoms with Gasteiger partial charge in [-0.25, -0.2) is 0 Å². The first-order chi connectivity index (χ1) is 28.5. The zero-order valence-corrected chi connectivity index (χ0v) is 33.2. The van der Waals surface area contributed by atoms with Crippen LogP contribution in [0.1, 0.15) is 25.0 Å². The molecule has 3 nitrogen and oxygen atoms in total. The fraction of sp³-hybridized carbons (Fsp3) is 0.0909. The van der Waals surface area contributed by atoms with Crippen LogP contribution in [0.4, 0.5) is 17.1 Å². The van der Waals surface area contributed by atoms with E-state index in [1.54, 1.807) is 0 Å². The largest absolute Gasteiger partial charge is 0.310 e. The number of rotatable bonds is 10. The van der Waals surface area contributed by atoms with Crippen LogP contribution in [0.25, 0.3) is 66.7 Å². The van der Waals surface area contributed by atoms with Crippen LogP contribution in [0.2, 0.25) is 0 Å². The topological polar surface area (TPSA) is 29.0 Å². The van der Waals surface area contributed by atoms with Crippen LogP contribution in [0.15, 0.2) is 200 Å². The molecule has 0 bridgehead atoms. The van der Waals surface area contributed by atoms with E-state index in [0.29, 0.717) is 5.92 Å². The van der Waals surface area contributed by atoms with Crippen LogP contribution in [0.5, 0.6) is 0 Å². The molecule has 2 aromatic heterocycles. The molecule has 0 saturated heterocycles. The van der Waals surface area contributed by atoms with E-state index in [-0.39, 0.29) is 0 Å². The molecule has 0 N–H and O–H groups in total. The average Bonchev–Trinajstić information content (AvgIpc) is 3.28. The molecule has 0 aliphatic carbocycles. The number of benzene rings is 7. The minimum absolute atomic E-state index is 0.541. The van der Waals surface area contributed by atoms with Crippen LogP contribution in [-0.4, -0.2) is 9.97 Å². The second-order valence-corrected chi connectivity index (χ2v) is 15.5. The van der Waals surface area contributed by atoms with Crippen molar-refractivity contribution in [3.8, 4) is 55.9 Å². The summed E-state index contributed by atoms with van der Waals surface area (Å²) in [6.07, 6.45) is 4.89. The van der Waals surface area contributed by atoms with Gasteiger partial charge in [0.1, 0.15) is 0 Å². The molecule has 0 radical (unpaired) electrons. The van der Waals surface area contributed by atoms with Gasteiger partial charge in [-0.15, -0.1) is 0 Å². The summed E-state index contributed by atoms with van der Waals surface area (Å²) in [5.41, 5.74) is 16.7. The van der Waals surface area contributed by atoms with E-state index in [1.807, 2.05) is 24.5 Å². The van der Waals surface area contributed by atoms with Crippen molar-refractivity contribution in [1.82, 2.24) is 9.97 Å². The molecular formula is C55H45N3. The summed E-state index contributed by atoms with van der Waals surface area (Å²) in [5.74, 6) is 0.541. The highest BCUT2D eigenvalue weighted by Crippen LogP contribution is 2.44. The maximum Gasteiger partial charge on any atom is 0.0709 e. The molecule has 58 heavy (non-hydrogen) atoms. The third-order valence-electron chi connectivity index (χ3n) is 10.9. The van der Waals surface area contributed by atoms with Crippen LogP contribution in [-0.2, 0) is 6.42 Å². The quantitative estimate of drug-likeness (QED) is 0.139. The minimum Gasteiger partial charge on any atom is -0.310 e. The monoisotopic (exact) mass is 747 g/mol. The minimum atomic E-state index is 0.541. The average molecular weight is 748 g/mol. The molecule has 2 heterocycles. The lowest BCUT2D eigenvalue weighted by Gasteiger charge is -2.29. The highest BCUT2D eigenvalue weighted by molar-refractivity contribution is 6.01. The van der Waals surface area contributed by atoms with Crippen LogP contribution < -0.4 is 4.90 Å². The summed E-state index contributed by atoms with van der Waals surface area (Å²) in [6.45, 7) is 6.73. The molecular weight excluding hydrogens is 703 g/mol. The molecule has 0 aliphatic heterocycles. The summed E-state index contributed by atoms with van der Waals surface area (Å²) >= 11 is 0. The SMILES string of the molecule is Cc1cnc(-c2cc(-c3ccccc3)cc(N(c3cccc(-c4ccccn4)c3)c3ccc(CC(C)C)c4ccccc34)c2)cc1-c1ccc(-c2ccccc2)cc1. The first-order valence-electron chi connectivity index (χ1n) is 20.1. The molecule has 3 heteroatoms. The van der Waals surface area contributed by atoms with Gasteiger partial charge in [0.25, 0.3) is 0 Å². The number of hydrogen-bond acceptors (Lipinski definition) is 3. The molecule has 0 spiro atoms. The Bertz CT molecular complexity index is 2830. The predicted octanol–water partition coefficient (Wildman–Crippen LogP) is 14.9. The number of aromatic nitrogens is 2. The van der Waals surface area contributed by atoms with Crippen molar-refractivity contribution < 1.29 is 0 Å². The Labute approximate surface area is 342 Å². The fourth-order valence-corrected chi connectivity index (χ4v) is 8.07. The molecule has 0 amide bonds. The van der Waals surface area contributed by atoms with Crippen molar-refractivity contribution in [2.45, 2.75) is 27.2 Å². The molecule has 7 aromatic carbocycles. The summed E-state index contributed by atoms with van der Waals surface area (Å²) in [5, 5.41) is 2.49. The first-order valence-corrected chi connectivity index (χ1v) is 20.1. The molecule has 0 aliphatic rings. The van der Waals surface area contributed by atoms with Gasteiger partial charge in [0.15, 0.2) is 0 Å². The fourth-order valence-electron chi connectivity index (χ4n) is 8.07. The number of hydrogen-bond donors (Lipinski definition) is 0. The van der Waals surface area contributed by atoms with Crippen LogP contribution >= 0.6 is 0 Å². The third kappa shape index (κ3) is 7.55. The van der Waals surface area contributed by atoms with Gasteiger partial charge in [-0.05, 0) is 124 Å². The predicted molar refractivity (Wildman–Crippen MR) is 245 cm³/mol. The Morgan fingerprint density at radius 1 is 0.448 bits per heavy atom.